The lowest BCUT2D eigenvalue weighted by molar-refractivity contribution is 0.541. The molecule has 0 bridgehead atoms. The Morgan fingerprint density at radius 3 is 2.38 bits per heavy atom. The maximum Gasteiger partial charge on any atom is 0.0455 e. The van der Waals surface area contributed by atoms with Crippen molar-refractivity contribution in [2.45, 2.75) is 51.9 Å². The first-order valence-electron chi connectivity index (χ1n) is 6.14. The summed E-state index contributed by atoms with van der Waals surface area (Å²) >= 11 is 12.2. The highest BCUT2D eigenvalue weighted by molar-refractivity contribution is 6.35. The van der Waals surface area contributed by atoms with E-state index < -0.39 is 0 Å². The van der Waals surface area contributed by atoms with E-state index in [1.807, 2.05) is 12.1 Å². The molecule has 0 fully saturated rings. The van der Waals surface area contributed by atoms with E-state index in [1.54, 1.807) is 0 Å². The molecule has 2 heteroatoms. The van der Waals surface area contributed by atoms with E-state index in [2.05, 4.69) is 19.9 Å². The molecule has 0 saturated heterocycles. The molecule has 1 aromatic rings. The summed E-state index contributed by atoms with van der Waals surface area (Å²) in [6, 6.07) is 5.88. The Bertz CT molecular complexity index is 321. The zero-order valence-corrected chi connectivity index (χ0v) is 11.6. The predicted molar refractivity (Wildman–Crippen MR) is 73.6 cm³/mol. The van der Waals surface area contributed by atoms with Crippen molar-refractivity contribution in [3.05, 3.63) is 33.8 Å². The molecule has 1 unspecified atom stereocenters. The summed E-state index contributed by atoms with van der Waals surface area (Å²) in [5.41, 5.74) is 1.27. The second kappa shape index (κ2) is 7.19. The van der Waals surface area contributed by atoms with Gasteiger partial charge in [0.25, 0.3) is 0 Å². The molecule has 1 rings (SSSR count). The molecule has 0 N–H and O–H groups in total. The van der Waals surface area contributed by atoms with Gasteiger partial charge in [-0.1, -0.05) is 62.4 Å². The Hall–Kier alpha value is -0.200. The predicted octanol–water partition coefficient (Wildman–Crippen LogP) is 6.07. The SMILES string of the molecule is CCCCC(CCC)c1ccc(Cl)cc1Cl. The van der Waals surface area contributed by atoms with E-state index in [-0.39, 0.29) is 0 Å². The molecule has 0 nitrogen and oxygen atoms in total. The van der Waals surface area contributed by atoms with Gasteiger partial charge in [-0.2, -0.15) is 0 Å². The Morgan fingerprint density at radius 2 is 1.81 bits per heavy atom. The normalized spacial score (nSPS) is 12.8. The zero-order valence-electron chi connectivity index (χ0n) is 10.1. The van der Waals surface area contributed by atoms with Crippen LogP contribution in [0.2, 0.25) is 10.0 Å². The first kappa shape index (κ1) is 13.9. The highest BCUT2D eigenvalue weighted by Gasteiger charge is 2.13. The second-order valence-electron chi connectivity index (χ2n) is 4.29. The van der Waals surface area contributed by atoms with Crippen LogP contribution in [-0.4, -0.2) is 0 Å². The van der Waals surface area contributed by atoms with Crippen LogP contribution < -0.4 is 0 Å². The van der Waals surface area contributed by atoms with Crippen LogP contribution >= 0.6 is 23.2 Å². The standard InChI is InChI=1S/C14H20Cl2/c1-3-5-7-11(6-4-2)13-9-8-12(15)10-14(13)16/h8-11H,3-7H2,1-2H3. The summed E-state index contributed by atoms with van der Waals surface area (Å²) in [7, 11) is 0. The minimum absolute atomic E-state index is 0.592. The van der Waals surface area contributed by atoms with Crippen molar-refractivity contribution in [1.29, 1.82) is 0 Å². The highest BCUT2D eigenvalue weighted by Crippen LogP contribution is 2.33. The van der Waals surface area contributed by atoms with Gasteiger partial charge in [0.15, 0.2) is 0 Å². The molecule has 0 aliphatic heterocycles. The van der Waals surface area contributed by atoms with Gasteiger partial charge in [-0.15, -0.1) is 0 Å². The largest absolute Gasteiger partial charge is 0.0843 e. The highest BCUT2D eigenvalue weighted by atomic mass is 35.5. The molecule has 0 radical (unpaired) electrons. The van der Waals surface area contributed by atoms with Crippen LogP contribution in [0.4, 0.5) is 0 Å². The van der Waals surface area contributed by atoms with Crippen molar-refractivity contribution in [3.63, 3.8) is 0 Å². The first-order valence-corrected chi connectivity index (χ1v) is 6.89. The molecular formula is C14H20Cl2. The molecular weight excluding hydrogens is 239 g/mol. The average molecular weight is 259 g/mol. The van der Waals surface area contributed by atoms with Gasteiger partial charge in [-0.3, -0.25) is 0 Å². The third kappa shape index (κ3) is 3.99. The van der Waals surface area contributed by atoms with Gasteiger partial charge in [0.1, 0.15) is 0 Å². The van der Waals surface area contributed by atoms with Gasteiger partial charge in [0, 0.05) is 10.0 Å². The van der Waals surface area contributed by atoms with Crippen molar-refractivity contribution in [2.24, 2.45) is 0 Å². The Labute approximate surface area is 109 Å². The summed E-state index contributed by atoms with van der Waals surface area (Å²) in [5, 5.41) is 1.54. The third-order valence-corrected chi connectivity index (χ3v) is 3.51. The number of halogens is 2. The van der Waals surface area contributed by atoms with E-state index >= 15 is 0 Å². The molecule has 0 spiro atoms. The first-order chi connectivity index (χ1) is 7.69. The zero-order chi connectivity index (χ0) is 12.0. The number of benzene rings is 1. The molecule has 90 valence electrons. The minimum atomic E-state index is 0.592. The fourth-order valence-corrected chi connectivity index (χ4v) is 2.65. The van der Waals surface area contributed by atoms with Gasteiger partial charge in [-0.25, -0.2) is 0 Å². The molecule has 0 saturated carbocycles. The van der Waals surface area contributed by atoms with E-state index in [4.69, 9.17) is 23.2 Å². The van der Waals surface area contributed by atoms with Crippen molar-refractivity contribution in [2.75, 3.05) is 0 Å². The molecule has 1 atom stereocenters. The number of hydrogen-bond acceptors (Lipinski definition) is 0. The average Bonchev–Trinajstić information content (AvgIpc) is 2.25. The molecule has 0 amide bonds. The van der Waals surface area contributed by atoms with Gasteiger partial charge in [0.2, 0.25) is 0 Å². The number of rotatable bonds is 6. The van der Waals surface area contributed by atoms with Gasteiger partial charge < -0.3 is 0 Å². The topological polar surface area (TPSA) is 0 Å². The van der Waals surface area contributed by atoms with Gasteiger partial charge in [0.05, 0.1) is 0 Å². The third-order valence-electron chi connectivity index (χ3n) is 2.95. The number of unbranched alkanes of at least 4 members (excludes halogenated alkanes) is 1. The molecule has 0 aromatic heterocycles. The smallest absolute Gasteiger partial charge is 0.0455 e. The Balaban J connectivity index is 2.82. The van der Waals surface area contributed by atoms with E-state index in [1.165, 1.54) is 37.7 Å². The van der Waals surface area contributed by atoms with Crippen LogP contribution in [0.15, 0.2) is 18.2 Å². The van der Waals surface area contributed by atoms with Crippen LogP contribution in [0, 0.1) is 0 Å². The number of hydrogen-bond donors (Lipinski definition) is 0. The molecule has 0 aliphatic carbocycles. The van der Waals surface area contributed by atoms with Crippen molar-refractivity contribution < 1.29 is 0 Å². The summed E-state index contributed by atoms with van der Waals surface area (Å²) in [4.78, 5) is 0. The molecule has 0 heterocycles. The van der Waals surface area contributed by atoms with Crippen LogP contribution in [-0.2, 0) is 0 Å². The quantitative estimate of drug-likeness (QED) is 0.581. The summed E-state index contributed by atoms with van der Waals surface area (Å²) < 4.78 is 0. The summed E-state index contributed by atoms with van der Waals surface area (Å²) in [5.74, 6) is 0.592. The monoisotopic (exact) mass is 258 g/mol. The minimum Gasteiger partial charge on any atom is -0.0843 e. The summed E-state index contributed by atoms with van der Waals surface area (Å²) in [6.45, 7) is 4.45. The van der Waals surface area contributed by atoms with Crippen molar-refractivity contribution in [1.82, 2.24) is 0 Å². The van der Waals surface area contributed by atoms with Crippen LogP contribution in [0.5, 0.6) is 0 Å². The Morgan fingerprint density at radius 1 is 1.06 bits per heavy atom. The lowest BCUT2D eigenvalue weighted by Crippen LogP contribution is -1.99. The van der Waals surface area contributed by atoms with Crippen LogP contribution in [0.1, 0.15) is 57.4 Å². The van der Waals surface area contributed by atoms with Crippen molar-refractivity contribution in [3.8, 4) is 0 Å². The van der Waals surface area contributed by atoms with E-state index in [9.17, 15) is 0 Å². The molecule has 0 aliphatic rings. The fraction of sp³-hybridized carbons (Fsp3) is 0.571. The molecule has 16 heavy (non-hydrogen) atoms. The van der Waals surface area contributed by atoms with E-state index in [0.717, 1.165) is 10.0 Å². The van der Waals surface area contributed by atoms with Crippen LogP contribution in [0.3, 0.4) is 0 Å². The van der Waals surface area contributed by atoms with E-state index in [0.29, 0.717) is 5.92 Å². The maximum atomic E-state index is 6.25. The van der Waals surface area contributed by atoms with Crippen LogP contribution in [0.25, 0.3) is 0 Å². The van der Waals surface area contributed by atoms with Crippen molar-refractivity contribution >= 4 is 23.2 Å². The maximum absolute atomic E-state index is 6.25. The Kier molecular flexibility index (Phi) is 6.23. The lowest BCUT2D eigenvalue weighted by atomic mass is 9.90. The molecule has 1 aromatic carbocycles. The second-order valence-corrected chi connectivity index (χ2v) is 5.14. The summed E-state index contributed by atoms with van der Waals surface area (Å²) in [6.07, 6.45) is 6.15. The fourth-order valence-electron chi connectivity index (χ4n) is 2.09. The van der Waals surface area contributed by atoms with Gasteiger partial charge in [-0.05, 0) is 36.5 Å². The lowest BCUT2D eigenvalue weighted by Gasteiger charge is -2.17. The van der Waals surface area contributed by atoms with Gasteiger partial charge >= 0.3 is 0 Å².